The second-order valence-electron chi connectivity index (χ2n) is 9.03. The number of H-pyrrole nitrogens is 1. The summed E-state index contributed by atoms with van der Waals surface area (Å²) in [6.07, 6.45) is 1.97. The Kier molecular flexibility index (Phi) is 5.85. The number of nitrogens with one attached hydrogen (secondary N) is 1. The molecule has 1 atom stereocenters. The first-order chi connectivity index (χ1) is 15.6. The molecule has 0 radical (unpaired) electrons. The summed E-state index contributed by atoms with van der Waals surface area (Å²) in [4.78, 5) is 36.6. The fraction of sp³-hybridized carbons (Fsp3) is 0.440. The van der Waals surface area contributed by atoms with Crippen molar-refractivity contribution >= 4 is 16.9 Å². The lowest BCUT2D eigenvalue weighted by atomic mass is 9.99. The van der Waals surface area contributed by atoms with Gasteiger partial charge in [-0.05, 0) is 37.6 Å². The maximum absolute atomic E-state index is 13.9. The SMILES string of the molecule is CN1CCN(C2CCN(C(=O)C(c3ccccc3)n3c(=O)[nH]c4ccccc43)CC2)CC1. The zero-order valence-electron chi connectivity index (χ0n) is 18.6. The summed E-state index contributed by atoms with van der Waals surface area (Å²) < 4.78 is 1.62. The number of nitrogens with zero attached hydrogens (tertiary/aromatic N) is 4. The second-order valence-corrected chi connectivity index (χ2v) is 9.03. The van der Waals surface area contributed by atoms with Gasteiger partial charge in [-0.2, -0.15) is 0 Å². The van der Waals surface area contributed by atoms with Crippen molar-refractivity contribution in [3.05, 3.63) is 70.6 Å². The third-order valence-electron chi connectivity index (χ3n) is 7.06. The molecule has 1 unspecified atom stereocenters. The van der Waals surface area contributed by atoms with Gasteiger partial charge in [0.1, 0.15) is 6.04 Å². The lowest BCUT2D eigenvalue weighted by molar-refractivity contribution is -0.135. The van der Waals surface area contributed by atoms with Crippen molar-refractivity contribution in [2.24, 2.45) is 0 Å². The molecule has 0 aliphatic carbocycles. The Bertz CT molecular complexity index is 1120. The monoisotopic (exact) mass is 433 g/mol. The van der Waals surface area contributed by atoms with Crippen molar-refractivity contribution in [2.45, 2.75) is 24.9 Å². The number of likely N-dealkylation sites (N-methyl/N-ethyl adjacent to an activating group) is 1. The minimum absolute atomic E-state index is 0.000111. The highest BCUT2D eigenvalue weighted by atomic mass is 16.2. The molecule has 5 rings (SSSR count). The number of piperidine rings is 1. The molecule has 1 aromatic heterocycles. The van der Waals surface area contributed by atoms with E-state index in [4.69, 9.17) is 0 Å². The molecule has 168 valence electrons. The number of benzene rings is 2. The summed E-state index contributed by atoms with van der Waals surface area (Å²) in [7, 11) is 2.18. The van der Waals surface area contributed by atoms with Crippen LogP contribution in [0.25, 0.3) is 11.0 Å². The number of hydrogen-bond donors (Lipinski definition) is 1. The van der Waals surface area contributed by atoms with Gasteiger partial charge >= 0.3 is 5.69 Å². The zero-order valence-corrected chi connectivity index (χ0v) is 18.6. The van der Waals surface area contributed by atoms with Crippen molar-refractivity contribution in [3.63, 3.8) is 0 Å². The Morgan fingerprint density at radius 2 is 1.56 bits per heavy atom. The molecule has 1 N–H and O–H groups in total. The molecule has 32 heavy (non-hydrogen) atoms. The first kappa shape index (κ1) is 21.0. The fourth-order valence-electron chi connectivity index (χ4n) is 5.18. The topological polar surface area (TPSA) is 64.6 Å². The Morgan fingerprint density at radius 1 is 0.906 bits per heavy atom. The minimum atomic E-state index is -0.667. The maximum atomic E-state index is 13.9. The van der Waals surface area contributed by atoms with E-state index >= 15 is 0 Å². The van der Waals surface area contributed by atoms with Crippen LogP contribution in [-0.2, 0) is 4.79 Å². The van der Waals surface area contributed by atoms with Gasteiger partial charge in [0.05, 0.1) is 11.0 Å². The van der Waals surface area contributed by atoms with Crippen molar-refractivity contribution < 1.29 is 4.79 Å². The van der Waals surface area contributed by atoms with E-state index in [1.54, 1.807) is 4.57 Å². The third-order valence-corrected chi connectivity index (χ3v) is 7.06. The number of aromatic amines is 1. The van der Waals surface area contributed by atoms with Crippen molar-refractivity contribution in [3.8, 4) is 0 Å². The molecule has 2 aliphatic heterocycles. The molecule has 0 saturated carbocycles. The number of piperazine rings is 1. The number of amides is 1. The summed E-state index contributed by atoms with van der Waals surface area (Å²) in [5.74, 6) is -0.000111. The lowest BCUT2D eigenvalue weighted by Crippen LogP contribution is -2.53. The fourth-order valence-corrected chi connectivity index (χ4v) is 5.18. The largest absolute Gasteiger partial charge is 0.340 e. The van der Waals surface area contributed by atoms with Crippen molar-refractivity contribution in [2.75, 3.05) is 46.3 Å². The number of imidazole rings is 1. The summed E-state index contributed by atoms with van der Waals surface area (Å²) in [6, 6.07) is 17.1. The van der Waals surface area contributed by atoms with Crippen molar-refractivity contribution in [1.82, 2.24) is 24.3 Å². The molecule has 0 spiro atoms. The maximum Gasteiger partial charge on any atom is 0.327 e. The molecule has 2 fully saturated rings. The molecule has 0 bridgehead atoms. The van der Waals surface area contributed by atoms with E-state index in [-0.39, 0.29) is 11.6 Å². The van der Waals surface area contributed by atoms with Crippen LogP contribution in [0.4, 0.5) is 0 Å². The van der Waals surface area contributed by atoms with Crippen LogP contribution < -0.4 is 5.69 Å². The van der Waals surface area contributed by atoms with Gasteiger partial charge in [0.2, 0.25) is 5.91 Å². The highest BCUT2D eigenvalue weighted by Gasteiger charge is 2.34. The standard InChI is InChI=1S/C25H31N5O2/c1-27-15-17-28(18-16-27)20-11-13-29(14-12-20)24(31)23(19-7-3-2-4-8-19)30-22-10-6-5-9-21(22)26-25(30)32/h2-10,20,23H,11-18H2,1H3,(H,26,32). The quantitative estimate of drug-likeness (QED) is 0.685. The van der Waals surface area contributed by atoms with E-state index in [1.165, 1.54) is 0 Å². The molecule has 1 amide bonds. The number of fused-ring (bicyclic) bond motifs is 1. The Morgan fingerprint density at radius 3 is 2.28 bits per heavy atom. The molecule has 2 aromatic carbocycles. The van der Waals surface area contributed by atoms with E-state index in [0.717, 1.165) is 68.7 Å². The third kappa shape index (κ3) is 3.98. The van der Waals surface area contributed by atoms with Crippen LogP contribution in [0, 0.1) is 0 Å². The van der Waals surface area contributed by atoms with Crippen LogP contribution in [0.15, 0.2) is 59.4 Å². The summed E-state index contributed by atoms with van der Waals surface area (Å²) in [6.45, 7) is 5.89. The van der Waals surface area contributed by atoms with Gasteiger partial charge < -0.3 is 14.8 Å². The first-order valence-corrected chi connectivity index (χ1v) is 11.6. The summed E-state index contributed by atoms with van der Waals surface area (Å²) >= 11 is 0. The number of likely N-dealkylation sites (tertiary alicyclic amines) is 1. The van der Waals surface area contributed by atoms with Crippen LogP contribution in [0.2, 0.25) is 0 Å². The number of carbonyl (C=O) groups excluding carboxylic acids is 1. The van der Waals surface area contributed by atoms with Crippen LogP contribution in [0.5, 0.6) is 0 Å². The number of aromatic nitrogens is 2. The molecule has 7 nitrogen and oxygen atoms in total. The van der Waals surface area contributed by atoms with Gasteiger partial charge in [0, 0.05) is 45.3 Å². The van der Waals surface area contributed by atoms with Crippen LogP contribution in [0.1, 0.15) is 24.4 Å². The highest BCUT2D eigenvalue weighted by Crippen LogP contribution is 2.26. The smallest absolute Gasteiger partial charge is 0.327 e. The van der Waals surface area contributed by atoms with Crippen molar-refractivity contribution in [1.29, 1.82) is 0 Å². The van der Waals surface area contributed by atoms with Gasteiger partial charge in [-0.1, -0.05) is 42.5 Å². The molecule has 3 aromatic rings. The average Bonchev–Trinajstić information content (AvgIpc) is 3.16. The van der Waals surface area contributed by atoms with E-state index in [9.17, 15) is 9.59 Å². The Labute approximate surface area is 188 Å². The number of hydrogen-bond acceptors (Lipinski definition) is 4. The van der Waals surface area contributed by atoms with Gasteiger partial charge in [-0.15, -0.1) is 0 Å². The predicted octanol–water partition coefficient (Wildman–Crippen LogP) is 2.16. The Hall–Kier alpha value is -2.90. The van der Waals surface area contributed by atoms with E-state index in [2.05, 4.69) is 21.8 Å². The molecule has 3 heterocycles. The summed E-state index contributed by atoms with van der Waals surface area (Å²) in [5, 5.41) is 0. The van der Waals surface area contributed by atoms with E-state index in [1.807, 2.05) is 59.5 Å². The minimum Gasteiger partial charge on any atom is -0.340 e. The molecule has 2 saturated heterocycles. The zero-order chi connectivity index (χ0) is 22.1. The molecular weight excluding hydrogens is 402 g/mol. The summed E-state index contributed by atoms with van der Waals surface area (Å²) in [5.41, 5.74) is 2.10. The molecule has 7 heteroatoms. The number of carbonyl (C=O) groups is 1. The second kappa shape index (κ2) is 8.92. The van der Waals surface area contributed by atoms with Crippen LogP contribution >= 0.6 is 0 Å². The Balaban J connectivity index is 1.40. The first-order valence-electron chi connectivity index (χ1n) is 11.6. The van der Waals surface area contributed by atoms with Gasteiger partial charge in [0.15, 0.2) is 0 Å². The number of para-hydroxylation sites is 2. The van der Waals surface area contributed by atoms with Gasteiger partial charge in [-0.25, -0.2) is 4.79 Å². The van der Waals surface area contributed by atoms with Gasteiger partial charge in [-0.3, -0.25) is 14.3 Å². The average molecular weight is 434 g/mol. The van der Waals surface area contributed by atoms with Crippen LogP contribution in [-0.4, -0.2) is 82.5 Å². The molecular formula is C25H31N5O2. The number of rotatable bonds is 4. The highest BCUT2D eigenvalue weighted by molar-refractivity contribution is 5.86. The molecule has 2 aliphatic rings. The van der Waals surface area contributed by atoms with E-state index < -0.39 is 6.04 Å². The predicted molar refractivity (Wildman–Crippen MR) is 126 cm³/mol. The lowest BCUT2D eigenvalue weighted by Gasteiger charge is -2.42. The van der Waals surface area contributed by atoms with Crippen LogP contribution in [0.3, 0.4) is 0 Å². The van der Waals surface area contributed by atoms with Gasteiger partial charge in [0.25, 0.3) is 0 Å². The van der Waals surface area contributed by atoms with E-state index in [0.29, 0.717) is 6.04 Å². The normalized spacial score (nSPS) is 20.0.